The Hall–Kier alpha value is -0.610. The quantitative estimate of drug-likeness (QED) is 0.677. The molecule has 2 aliphatic rings. The maximum atomic E-state index is 12.2. The summed E-state index contributed by atoms with van der Waals surface area (Å²) in [5.74, 6) is 1.00. The number of hydrogen-bond donors (Lipinski definition) is 2. The molecule has 1 saturated carbocycles. The number of rotatable bonds is 8. The Morgan fingerprint density at radius 2 is 1.95 bits per heavy atom. The maximum absolute atomic E-state index is 12.2. The fourth-order valence-electron chi connectivity index (χ4n) is 3.56. The molecule has 0 aromatic carbocycles. The van der Waals surface area contributed by atoms with Gasteiger partial charge in [0.25, 0.3) is 0 Å². The zero-order valence-electron chi connectivity index (χ0n) is 13.5. The van der Waals surface area contributed by atoms with E-state index < -0.39 is 0 Å². The van der Waals surface area contributed by atoms with Gasteiger partial charge in [0.15, 0.2) is 0 Å². The first kappa shape index (κ1) is 16.8. The molecule has 2 fully saturated rings. The zero-order valence-corrected chi connectivity index (χ0v) is 13.5. The molecule has 1 aliphatic carbocycles. The van der Waals surface area contributed by atoms with E-state index in [1.54, 1.807) is 0 Å². The third-order valence-corrected chi connectivity index (χ3v) is 4.87. The van der Waals surface area contributed by atoms with Crippen LogP contribution in [0.4, 0.5) is 0 Å². The Morgan fingerprint density at radius 1 is 1.14 bits per heavy atom. The summed E-state index contributed by atoms with van der Waals surface area (Å²) in [5.41, 5.74) is 0. The van der Waals surface area contributed by atoms with E-state index in [-0.39, 0.29) is 11.9 Å². The molecule has 0 bridgehead atoms. The van der Waals surface area contributed by atoms with Crippen LogP contribution in [0.25, 0.3) is 0 Å². The average Bonchev–Trinajstić information content (AvgIpc) is 2.53. The van der Waals surface area contributed by atoms with Crippen molar-refractivity contribution in [3.8, 4) is 0 Å². The smallest absolute Gasteiger partial charge is 0.237 e. The van der Waals surface area contributed by atoms with Gasteiger partial charge in [-0.1, -0.05) is 26.2 Å². The summed E-state index contributed by atoms with van der Waals surface area (Å²) >= 11 is 0. The second-order valence-corrected chi connectivity index (χ2v) is 6.56. The molecule has 3 unspecified atom stereocenters. The van der Waals surface area contributed by atoms with Crippen LogP contribution in [0.5, 0.6) is 0 Å². The lowest BCUT2D eigenvalue weighted by Gasteiger charge is -2.39. The molecule has 1 heterocycles. The normalized spacial score (nSPS) is 28.9. The molecule has 4 nitrogen and oxygen atoms in total. The molecule has 122 valence electrons. The zero-order chi connectivity index (χ0) is 14.9. The summed E-state index contributed by atoms with van der Waals surface area (Å²) in [5, 5.41) is 6.64. The van der Waals surface area contributed by atoms with Gasteiger partial charge in [0.1, 0.15) is 0 Å². The van der Waals surface area contributed by atoms with E-state index >= 15 is 0 Å². The van der Waals surface area contributed by atoms with Crippen molar-refractivity contribution < 1.29 is 9.53 Å². The Kier molecular flexibility index (Phi) is 7.51. The van der Waals surface area contributed by atoms with Gasteiger partial charge in [0.2, 0.25) is 5.91 Å². The largest absolute Gasteiger partial charge is 0.381 e. The third-order valence-electron chi connectivity index (χ3n) is 4.87. The Morgan fingerprint density at radius 3 is 2.81 bits per heavy atom. The molecule has 0 aromatic heterocycles. The molecule has 4 heteroatoms. The summed E-state index contributed by atoms with van der Waals surface area (Å²) in [6.07, 6.45) is 10.7. The summed E-state index contributed by atoms with van der Waals surface area (Å²) in [6, 6.07) is 0.617. The number of piperidine rings is 1. The van der Waals surface area contributed by atoms with Crippen LogP contribution in [0.15, 0.2) is 0 Å². The van der Waals surface area contributed by atoms with Crippen LogP contribution in [-0.4, -0.2) is 37.7 Å². The van der Waals surface area contributed by atoms with E-state index in [1.807, 2.05) is 0 Å². The highest BCUT2D eigenvalue weighted by Crippen LogP contribution is 2.32. The number of unbranched alkanes of at least 4 members (excludes halogenated alkanes) is 1. The molecule has 21 heavy (non-hydrogen) atoms. The Labute approximate surface area is 129 Å². The molecule has 1 aliphatic heterocycles. The van der Waals surface area contributed by atoms with Crippen molar-refractivity contribution in [3.63, 3.8) is 0 Å². The average molecular weight is 296 g/mol. The van der Waals surface area contributed by atoms with Crippen LogP contribution in [0, 0.1) is 5.92 Å². The molecule has 0 spiro atoms. The van der Waals surface area contributed by atoms with Gasteiger partial charge in [-0.3, -0.25) is 4.79 Å². The molecule has 0 radical (unpaired) electrons. The third kappa shape index (κ3) is 5.59. The Bertz CT molecular complexity index is 309. The summed E-state index contributed by atoms with van der Waals surface area (Å²) in [4.78, 5) is 12.2. The van der Waals surface area contributed by atoms with Crippen molar-refractivity contribution in [1.82, 2.24) is 10.6 Å². The molecule has 0 aromatic rings. The van der Waals surface area contributed by atoms with Crippen molar-refractivity contribution in [3.05, 3.63) is 0 Å². The highest BCUT2D eigenvalue weighted by molar-refractivity contribution is 5.81. The first-order valence-electron chi connectivity index (χ1n) is 8.92. The van der Waals surface area contributed by atoms with Gasteiger partial charge in [-0.05, 0) is 44.4 Å². The molecule has 3 atom stereocenters. The van der Waals surface area contributed by atoms with E-state index in [2.05, 4.69) is 17.6 Å². The Balaban J connectivity index is 1.56. The van der Waals surface area contributed by atoms with Crippen LogP contribution in [-0.2, 0) is 9.53 Å². The lowest BCUT2D eigenvalue weighted by molar-refractivity contribution is -0.124. The van der Waals surface area contributed by atoms with E-state index in [0.717, 1.165) is 44.9 Å². The number of carbonyl (C=O) groups excluding carboxylic acids is 1. The van der Waals surface area contributed by atoms with E-state index in [9.17, 15) is 4.79 Å². The van der Waals surface area contributed by atoms with Crippen molar-refractivity contribution in [2.24, 2.45) is 5.92 Å². The van der Waals surface area contributed by atoms with Gasteiger partial charge >= 0.3 is 0 Å². The van der Waals surface area contributed by atoms with E-state index in [0.29, 0.717) is 6.04 Å². The van der Waals surface area contributed by atoms with Gasteiger partial charge in [0.05, 0.1) is 6.04 Å². The van der Waals surface area contributed by atoms with Crippen molar-refractivity contribution in [2.45, 2.75) is 76.8 Å². The maximum Gasteiger partial charge on any atom is 0.237 e. The number of ether oxygens (including phenoxy) is 1. The summed E-state index contributed by atoms with van der Waals surface area (Å²) < 4.78 is 5.51. The minimum absolute atomic E-state index is 0.0327. The summed E-state index contributed by atoms with van der Waals surface area (Å²) in [7, 11) is 0. The lowest BCUT2D eigenvalue weighted by Crippen LogP contribution is -2.55. The number of amides is 1. The monoisotopic (exact) mass is 296 g/mol. The van der Waals surface area contributed by atoms with Crippen LogP contribution in [0.3, 0.4) is 0 Å². The minimum Gasteiger partial charge on any atom is -0.381 e. The lowest BCUT2D eigenvalue weighted by atomic mass is 9.77. The number of fused-ring (bicyclic) bond motifs is 1. The molecule has 1 amide bonds. The van der Waals surface area contributed by atoms with Crippen molar-refractivity contribution >= 4 is 5.91 Å². The predicted octanol–water partition coefficient (Wildman–Crippen LogP) is 2.62. The SMILES string of the molecule is CCCCOCCCNC(=O)C1CCC2CCCCC2N1. The number of carbonyl (C=O) groups is 1. The molecule has 2 rings (SSSR count). The van der Waals surface area contributed by atoms with Crippen LogP contribution < -0.4 is 10.6 Å². The molecular formula is C17H32N2O2. The molecule has 2 N–H and O–H groups in total. The fraction of sp³-hybridized carbons (Fsp3) is 0.941. The van der Waals surface area contributed by atoms with Crippen LogP contribution >= 0.6 is 0 Å². The second-order valence-electron chi connectivity index (χ2n) is 6.56. The van der Waals surface area contributed by atoms with Gasteiger partial charge < -0.3 is 15.4 Å². The minimum atomic E-state index is 0.0327. The first-order chi connectivity index (χ1) is 10.3. The standard InChI is InChI=1S/C17H32N2O2/c1-2-3-12-21-13-6-11-18-17(20)16-10-9-14-7-4-5-8-15(14)19-16/h14-16,19H,2-13H2,1H3,(H,18,20). The second kappa shape index (κ2) is 9.42. The fourth-order valence-corrected chi connectivity index (χ4v) is 3.56. The summed E-state index contributed by atoms with van der Waals surface area (Å²) in [6.45, 7) is 4.50. The highest BCUT2D eigenvalue weighted by atomic mass is 16.5. The van der Waals surface area contributed by atoms with E-state index in [1.165, 1.54) is 38.5 Å². The van der Waals surface area contributed by atoms with Crippen molar-refractivity contribution in [2.75, 3.05) is 19.8 Å². The molecular weight excluding hydrogens is 264 g/mol. The molecule has 1 saturated heterocycles. The van der Waals surface area contributed by atoms with Gasteiger partial charge in [0, 0.05) is 25.8 Å². The van der Waals surface area contributed by atoms with Gasteiger partial charge in [-0.15, -0.1) is 0 Å². The first-order valence-corrected chi connectivity index (χ1v) is 8.92. The topological polar surface area (TPSA) is 50.4 Å². The van der Waals surface area contributed by atoms with Crippen LogP contribution in [0.2, 0.25) is 0 Å². The van der Waals surface area contributed by atoms with Gasteiger partial charge in [-0.25, -0.2) is 0 Å². The van der Waals surface area contributed by atoms with Crippen molar-refractivity contribution in [1.29, 1.82) is 0 Å². The number of nitrogens with one attached hydrogen (secondary N) is 2. The van der Waals surface area contributed by atoms with Gasteiger partial charge in [-0.2, -0.15) is 0 Å². The predicted molar refractivity (Wildman–Crippen MR) is 85.3 cm³/mol. The van der Waals surface area contributed by atoms with E-state index in [4.69, 9.17) is 4.74 Å². The number of hydrogen-bond acceptors (Lipinski definition) is 3. The highest BCUT2D eigenvalue weighted by Gasteiger charge is 2.34. The van der Waals surface area contributed by atoms with Crippen LogP contribution in [0.1, 0.15) is 64.7 Å².